The lowest BCUT2D eigenvalue weighted by molar-refractivity contribution is -0.141. The van der Waals surface area contributed by atoms with Crippen LogP contribution >= 0.6 is 22.9 Å². The van der Waals surface area contributed by atoms with Crippen LogP contribution in [0.3, 0.4) is 0 Å². The quantitative estimate of drug-likeness (QED) is 0.199. The van der Waals surface area contributed by atoms with E-state index < -0.39 is 41.6 Å². The molecule has 10 nitrogen and oxygen atoms in total. The Morgan fingerprint density at radius 2 is 2.00 bits per heavy atom. The number of ether oxygens (including phenoxy) is 2. The summed E-state index contributed by atoms with van der Waals surface area (Å²) in [6.07, 6.45) is -0.698. The predicted octanol–water partition coefficient (Wildman–Crippen LogP) is 6.94. The van der Waals surface area contributed by atoms with Crippen LogP contribution in [0.4, 0.5) is 32.8 Å². The molecular formula is C37H35ClF5N7O3S. The van der Waals surface area contributed by atoms with Crippen LogP contribution < -0.4 is 20.1 Å². The smallest absolute Gasteiger partial charge is 0.319 e. The van der Waals surface area contributed by atoms with Gasteiger partial charge in [-0.2, -0.15) is 15.2 Å². The summed E-state index contributed by atoms with van der Waals surface area (Å²) in [5, 5.41) is 10.2. The number of carbonyl (C=O) groups excluding carboxylic acids is 1. The highest BCUT2D eigenvalue weighted by atomic mass is 35.5. The van der Waals surface area contributed by atoms with Crippen LogP contribution in [0.5, 0.6) is 11.8 Å². The van der Waals surface area contributed by atoms with Gasteiger partial charge in [-0.15, -0.1) is 11.3 Å². The van der Waals surface area contributed by atoms with E-state index in [1.165, 1.54) is 6.07 Å². The van der Waals surface area contributed by atoms with Gasteiger partial charge in [-0.3, -0.25) is 9.69 Å². The van der Waals surface area contributed by atoms with Gasteiger partial charge in [-0.05, 0) is 50.3 Å². The van der Waals surface area contributed by atoms with Crippen LogP contribution in [0.2, 0.25) is 5.02 Å². The average molecular weight is 788 g/mol. The summed E-state index contributed by atoms with van der Waals surface area (Å²) in [4.78, 5) is 28.4. The Bertz CT molecular complexity index is 2250. The number of likely N-dealkylation sites (tertiary alicyclic amines) is 1. The first kappa shape index (κ1) is 35.5. The number of aromatic nitrogens is 2. The van der Waals surface area contributed by atoms with Crippen molar-refractivity contribution in [3.63, 3.8) is 0 Å². The van der Waals surface area contributed by atoms with Crippen molar-refractivity contribution < 1.29 is 36.2 Å². The molecule has 0 bridgehead atoms. The third-order valence-electron chi connectivity index (χ3n) is 12.0. The molecule has 2 N–H and O–H groups in total. The Labute approximate surface area is 315 Å². The van der Waals surface area contributed by atoms with Crippen LogP contribution in [0.1, 0.15) is 44.1 Å². The van der Waals surface area contributed by atoms with E-state index in [-0.39, 0.29) is 110 Å². The number of alkyl halides is 3. The third kappa shape index (κ3) is 5.51. The molecule has 5 aliphatic rings. The zero-order valence-electron chi connectivity index (χ0n) is 28.9. The fourth-order valence-electron chi connectivity index (χ4n) is 9.27. The number of fused-ring (bicyclic) bond motifs is 2. The number of nitrogen functional groups attached to an aromatic ring is 1. The number of halogens is 6. The molecule has 2 aromatic heterocycles. The number of carbonyl (C=O) groups is 1. The third-order valence-corrected chi connectivity index (χ3v) is 13.4. The molecule has 0 spiro atoms. The summed E-state index contributed by atoms with van der Waals surface area (Å²) < 4.78 is 86.0. The summed E-state index contributed by atoms with van der Waals surface area (Å²) in [6.45, 7) is 2.17. The van der Waals surface area contributed by atoms with Crippen LogP contribution in [-0.2, 0) is 4.79 Å². The maximum atomic E-state index is 17.3. The fraction of sp³-hybridized carbons (Fsp3) is 0.514. The van der Waals surface area contributed by atoms with Gasteiger partial charge in [0.15, 0.2) is 11.6 Å². The highest BCUT2D eigenvalue weighted by molar-refractivity contribution is 7.23. The molecule has 0 radical (unpaired) electrons. The maximum Gasteiger partial charge on any atom is 0.319 e. The summed E-state index contributed by atoms with van der Waals surface area (Å²) in [5.74, 6) is -2.52. The molecule has 9 rings (SSSR count). The van der Waals surface area contributed by atoms with E-state index in [0.29, 0.717) is 32.5 Å². The molecule has 1 saturated carbocycles. The molecule has 4 fully saturated rings. The van der Waals surface area contributed by atoms with E-state index >= 15 is 8.78 Å². The molecule has 4 aromatic rings. The number of hydrogen-bond acceptors (Lipinski definition) is 10. The number of rotatable bonds is 7. The van der Waals surface area contributed by atoms with Crippen LogP contribution in [-0.4, -0.2) is 95.8 Å². The second-order valence-electron chi connectivity index (χ2n) is 15.0. The first-order valence-electron chi connectivity index (χ1n) is 18.1. The summed E-state index contributed by atoms with van der Waals surface area (Å²) in [6, 6.07) is 4.07. The second-order valence-corrected chi connectivity index (χ2v) is 16.5. The van der Waals surface area contributed by atoms with Crippen molar-refractivity contribution >= 4 is 60.7 Å². The van der Waals surface area contributed by atoms with Gasteiger partial charge in [0.2, 0.25) is 12.3 Å². The first-order chi connectivity index (χ1) is 26.0. The Morgan fingerprint density at radius 3 is 2.78 bits per heavy atom. The SMILES string of the molecule is N#Cc1c(N)sc2c(F)ccc(-c3c(Cl)c4c5c(nc(OC[C@@]67CCCN6C[C@H](F)C7)nc5c3F)N(C3CCN(C(=O)C5CC(C(F)F)C5)C3)CCO4)c12. The van der Waals surface area contributed by atoms with Crippen LogP contribution in [0.25, 0.3) is 32.1 Å². The van der Waals surface area contributed by atoms with Crippen molar-refractivity contribution in [3.8, 4) is 29.0 Å². The maximum absolute atomic E-state index is 17.3. The molecular weight excluding hydrogens is 753 g/mol. The van der Waals surface area contributed by atoms with Crippen molar-refractivity contribution in [3.05, 3.63) is 34.4 Å². The highest BCUT2D eigenvalue weighted by Crippen LogP contribution is 2.51. The zero-order chi connectivity index (χ0) is 37.6. The van der Waals surface area contributed by atoms with Crippen molar-refractivity contribution in [2.45, 2.75) is 62.7 Å². The van der Waals surface area contributed by atoms with Gasteiger partial charge in [-0.1, -0.05) is 17.7 Å². The Kier molecular flexibility index (Phi) is 8.70. The normalized spacial score (nSPS) is 26.6. The van der Waals surface area contributed by atoms with Gasteiger partial charge in [0.05, 0.1) is 32.8 Å². The van der Waals surface area contributed by atoms with Gasteiger partial charge in [0.1, 0.15) is 47.6 Å². The molecule has 6 heterocycles. The lowest BCUT2D eigenvalue weighted by Gasteiger charge is -2.36. The Balaban J connectivity index is 1.15. The molecule has 3 atom stereocenters. The number of benzene rings is 2. The number of thiophene rings is 1. The molecule has 4 aliphatic heterocycles. The lowest BCUT2D eigenvalue weighted by atomic mass is 9.74. The molecule has 1 aliphatic carbocycles. The van der Waals surface area contributed by atoms with Crippen molar-refractivity contribution in [2.75, 3.05) is 56.6 Å². The number of nitrogens with zero attached hydrogens (tertiary/aromatic N) is 6. The van der Waals surface area contributed by atoms with E-state index in [9.17, 15) is 23.2 Å². The van der Waals surface area contributed by atoms with Crippen molar-refractivity contribution in [1.29, 1.82) is 5.26 Å². The predicted molar refractivity (Wildman–Crippen MR) is 193 cm³/mol. The van der Waals surface area contributed by atoms with Gasteiger partial charge in [0, 0.05) is 54.9 Å². The molecule has 17 heteroatoms. The van der Waals surface area contributed by atoms with Gasteiger partial charge < -0.3 is 25.0 Å². The Hall–Kier alpha value is -4.20. The van der Waals surface area contributed by atoms with Gasteiger partial charge in [0.25, 0.3) is 0 Å². The average Bonchev–Trinajstić information content (AvgIpc) is 3.87. The number of nitriles is 1. The minimum Gasteiger partial charge on any atom is -0.489 e. The first-order valence-corrected chi connectivity index (χ1v) is 19.3. The van der Waals surface area contributed by atoms with Crippen molar-refractivity contribution in [1.82, 2.24) is 19.8 Å². The topological polar surface area (TPSA) is 121 Å². The minimum absolute atomic E-state index is 0.0134. The second kappa shape index (κ2) is 13.2. The van der Waals surface area contributed by atoms with Crippen LogP contribution in [0.15, 0.2) is 12.1 Å². The van der Waals surface area contributed by atoms with E-state index in [0.717, 1.165) is 36.8 Å². The van der Waals surface area contributed by atoms with Crippen LogP contribution in [0, 0.1) is 34.8 Å². The minimum atomic E-state index is -2.45. The summed E-state index contributed by atoms with van der Waals surface area (Å²) in [5.41, 5.74) is 5.31. The molecule has 1 unspecified atom stereocenters. The lowest BCUT2D eigenvalue weighted by Crippen LogP contribution is -2.45. The standard InChI is InChI=1S/C37H35ClF5N7O3S/c38-27-25(21-2-3-23(40)31-24(21)22(13-44)33(45)54-31)28(41)29-26-30(27)52-9-8-50(20-4-7-48(15-20)35(51)18-10-17(11-18)32(42)43)34(26)47-36(46-29)53-16-37-5-1-6-49(37)14-19(39)12-37/h2-3,17-20,32H,1,4-12,14-16,45H2/t17?,18?,19-,20?,37+/m1/s1. The number of nitrogens with two attached hydrogens (primary N) is 1. The zero-order valence-corrected chi connectivity index (χ0v) is 30.5. The molecule has 284 valence electrons. The number of amides is 1. The van der Waals surface area contributed by atoms with Crippen molar-refractivity contribution in [2.24, 2.45) is 11.8 Å². The number of anilines is 2. The van der Waals surface area contributed by atoms with E-state index in [4.69, 9.17) is 31.8 Å². The molecule has 1 amide bonds. The summed E-state index contributed by atoms with van der Waals surface area (Å²) in [7, 11) is 0. The van der Waals surface area contributed by atoms with E-state index in [1.54, 1.807) is 4.90 Å². The van der Waals surface area contributed by atoms with E-state index in [1.807, 2.05) is 11.0 Å². The molecule has 54 heavy (non-hydrogen) atoms. The molecule has 2 aromatic carbocycles. The fourth-order valence-corrected chi connectivity index (χ4v) is 10.6. The van der Waals surface area contributed by atoms with E-state index in [2.05, 4.69) is 9.88 Å². The highest BCUT2D eigenvalue weighted by Gasteiger charge is 2.50. The number of hydrogen-bond donors (Lipinski definition) is 1. The Morgan fingerprint density at radius 1 is 1.19 bits per heavy atom. The summed E-state index contributed by atoms with van der Waals surface area (Å²) >= 11 is 7.92. The van der Waals surface area contributed by atoms with Gasteiger partial charge in [-0.25, -0.2) is 22.0 Å². The molecule has 3 saturated heterocycles. The van der Waals surface area contributed by atoms with Gasteiger partial charge >= 0.3 is 6.01 Å². The largest absolute Gasteiger partial charge is 0.489 e. The monoisotopic (exact) mass is 787 g/mol.